The summed E-state index contributed by atoms with van der Waals surface area (Å²) in [5.41, 5.74) is 5.52. The minimum absolute atomic E-state index is 0.0453. The highest BCUT2D eigenvalue weighted by atomic mass is 16.3. The number of fused-ring (bicyclic) bond motifs is 1. The lowest BCUT2D eigenvalue weighted by Crippen LogP contribution is -2.52. The van der Waals surface area contributed by atoms with Gasteiger partial charge in [0.1, 0.15) is 18.2 Å². The Morgan fingerprint density at radius 1 is 1.34 bits per heavy atom. The quantitative estimate of drug-likeness (QED) is 0.424. The van der Waals surface area contributed by atoms with Crippen molar-refractivity contribution in [2.75, 3.05) is 25.4 Å². The van der Waals surface area contributed by atoms with E-state index in [2.05, 4.69) is 15.3 Å². The zero-order valence-corrected chi connectivity index (χ0v) is 17.3. The monoisotopic (exact) mass is 406 g/mol. The molecule has 1 amide bonds. The Kier molecular flexibility index (Phi) is 7.52. The fourth-order valence-electron chi connectivity index (χ4n) is 3.11. The third kappa shape index (κ3) is 5.42. The summed E-state index contributed by atoms with van der Waals surface area (Å²) in [4.78, 5) is 45.6. The summed E-state index contributed by atoms with van der Waals surface area (Å²) in [6.45, 7) is 7.57. The van der Waals surface area contributed by atoms with Gasteiger partial charge in [0.15, 0.2) is 5.78 Å². The van der Waals surface area contributed by atoms with Crippen LogP contribution in [0.15, 0.2) is 17.1 Å². The fraction of sp³-hybridized carbons (Fsp3) is 0.579. The molecule has 5 N–H and O–H groups in total. The van der Waals surface area contributed by atoms with Crippen molar-refractivity contribution >= 4 is 28.7 Å². The molecule has 0 bridgehead atoms. The lowest BCUT2D eigenvalue weighted by Gasteiger charge is -2.31. The topological polar surface area (TPSA) is 146 Å². The van der Waals surface area contributed by atoms with Crippen LogP contribution in [0.25, 0.3) is 11.0 Å². The largest absolute Gasteiger partial charge is 0.394 e. The molecular weight excluding hydrogens is 376 g/mol. The number of rotatable bonds is 10. The molecule has 2 rings (SSSR count). The smallest absolute Gasteiger partial charge is 0.261 e. The van der Waals surface area contributed by atoms with E-state index in [4.69, 9.17) is 5.73 Å². The van der Waals surface area contributed by atoms with Crippen molar-refractivity contribution in [2.45, 2.75) is 46.3 Å². The van der Waals surface area contributed by atoms with Gasteiger partial charge in [-0.1, -0.05) is 27.7 Å². The number of carbonyl (C=O) groups excluding carboxylic acids is 2. The molecule has 0 fully saturated rings. The maximum Gasteiger partial charge on any atom is 0.261 e. The van der Waals surface area contributed by atoms with Crippen LogP contribution in [-0.4, -0.2) is 68.0 Å². The van der Waals surface area contributed by atoms with Crippen LogP contribution in [-0.2, 0) is 16.1 Å². The van der Waals surface area contributed by atoms with Crippen molar-refractivity contribution in [1.82, 2.24) is 24.8 Å². The first-order chi connectivity index (χ1) is 13.6. The summed E-state index contributed by atoms with van der Waals surface area (Å²) in [5, 5.41) is 13.4. The summed E-state index contributed by atoms with van der Waals surface area (Å²) in [7, 11) is 0. The number of nitrogens with zero attached hydrogens (tertiary/aromatic N) is 3. The van der Waals surface area contributed by atoms with Crippen molar-refractivity contribution in [3.63, 3.8) is 0 Å². The van der Waals surface area contributed by atoms with Crippen molar-refractivity contribution in [3.05, 3.63) is 22.6 Å². The number of aromatic nitrogens is 3. The number of aliphatic hydroxyl groups excluding tert-OH is 1. The lowest BCUT2D eigenvalue weighted by atomic mass is 10.0. The summed E-state index contributed by atoms with van der Waals surface area (Å²) in [5.74, 6) is -0.938. The molecule has 0 aliphatic heterocycles. The maximum absolute atomic E-state index is 13.1. The van der Waals surface area contributed by atoms with Gasteiger partial charge < -0.3 is 25.6 Å². The molecule has 1 atom stereocenters. The highest BCUT2D eigenvalue weighted by molar-refractivity contribution is 5.90. The van der Waals surface area contributed by atoms with Crippen LogP contribution in [0.5, 0.6) is 0 Å². The Morgan fingerprint density at radius 2 is 2.03 bits per heavy atom. The molecule has 160 valence electrons. The Morgan fingerprint density at radius 3 is 2.62 bits per heavy atom. The number of hydrogen-bond donors (Lipinski definition) is 4. The summed E-state index contributed by atoms with van der Waals surface area (Å²) in [6, 6.07) is 0.841. The molecule has 29 heavy (non-hydrogen) atoms. The van der Waals surface area contributed by atoms with Crippen molar-refractivity contribution in [3.8, 4) is 0 Å². The Balaban J connectivity index is 2.31. The number of carbonyl (C=O) groups is 2. The molecule has 10 nitrogen and oxygen atoms in total. The molecule has 0 saturated carbocycles. The van der Waals surface area contributed by atoms with Gasteiger partial charge in [-0.2, -0.15) is 4.98 Å². The Hall–Kier alpha value is -2.72. The van der Waals surface area contributed by atoms with Crippen molar-refractivity contribution in [1.29, 1.82) is 0 Å². The van der Waals surface area contributed by atoms with Crippen LogP contribution in [0, 0.1) is 5.92 Å². The number of ketones is 1. The number of nitrogens with one attached hydrogen (secondary N) is 2. The zero-order chi connectivity index (χ0) is 21.7. The van der Waals surface area contributed by atoms with E-state index >= 15 is 0 Å². The standard InChI is InChI=1S/C19H30N6O4/c1-11(2)16(28)14(10-26)25(8-6-21-12(3)4)15(27)9-24-7-5-13-17(24)22-19(20)23-18(13)29/h5,7,11-12,14,21,26H,6,8-10H2,1-4H3,(H3,20,22,23,29)/t14-/m1/s1. The van der Waals surface area contributed by atoms with Gasteiger partial charge in [0, 0.05) is 31.2 Å². The highest BCUT2D eigenvalue weighted by Gasteiger charge is 2.30. The average molecular weight is 406 g/mol. The predicted molar refractivity (Wildman–Crippen MR) is 110 cm³/mol. The first kappa shape index (κ1) is 22.6. The number of Topliss-reactive ketones (excluding diaryl/α,β-unsaturated/α-hetero) is 1. The second kappa shape index (κ2) is 9.66. The normalized spacial score (nSPS) is 12.7. The first-order valence-corrected chi connectivity index (χ1v) is 9.67. The number of nitrogen functional groups attached to an aromatic ring is 1. The van der Waals surface area contributed by atoms with Gasteiger partial charge in [0.2, 0.25) is 11.9 Å². The minimum Gasteiger partial charge on any atom is -0.394 e. The molecule has 2 aromatic heterocycles. The van der Waals surface area contributed by atoms with E-state index < -0.39 is 12.6 Å². The van der Waals surface area contributed by atoms with Crippen LogP contribution in [0.4, 0.5) is 5.95 Å². The van der Waals surface area contributed by atoms with Crippen LogP contribution in [0.3, 0.4) is 0 Å². The maximum atomic E-state index is 13.1. The van der Waals surface area contributed by atoms with Gasteiger partial charge in [0.25, 0.3) is 5.56 Å². The predicted octanol–water partition coefficient (Wildman–Crippen LogP) is -0.281. The number of hydrogen-bond acceptors (Lipinski definition) is 7. The molecule has 0 spiro atoms. The van der Waals surface area contributed by atoms with Gasteiger partial charge in [-0.15, -0.1) is 0 Å². The van der Waals surface area contributed by atoms with Gasteiger partial charge in [-0.05, 0) is 6.07 Å². The molecule has 0 aliphatic rings. The van der Waals surface area contributed by atoms with Crippen LogP contribution in [0.1, 0.15) is 27.7 Å². The third-order valence-electron chi connectivity index (χ3n) is 4.62. The average Bonchev–Trinajstić information content (AvgIpc) is 3.03. The molecule has 10 heteroatoms. The molecule has 0 aliphatic carbocycles. The summed E-state index contributed by atoms with van der Waals surface area (Å²) in [6.07, 6.45) is 1.58. The fourth-order valence-corrected chi connectivity index (χ4v) is 3.11. The Bertz CT molecular complexity index is 917. The van der Waals surface area contributed by atoms with E-state index in [1.807, 2.05) is 13.8 Å². The third-order valence-corrected chi connectivity index (χ3v) is 4.62. The minimum atomic E-state index is -0.931. The molecular formula is C19H30N6O4. The summed E-state index contributed by atoms with van der Waals surface area (Å²) >= 11 is 0. The van der Waals surface area contributed by atoms with Crippen molar-refractivity contribution < 1.29 is 14.7 Å². The van der Waals surface area contributed by atoms with Crippen LogP contribution < -0.4 is 16.6 Å². The first-order valence-electron chi connectivity index (χ1n) is 9.67. The zero-order valence-electron chi connectivity index (χ0n) is 17.3. The number of H-pyrrole nitrogens is 1. The van der Waals surface area contributed by atoms with Crippen LogP contribution in [0.2, 0.25) is 0 Å². The molecule has 0 radical (unpaired) electrons. The molecule has 0 saturated heterocycles. The van der Waals surface area contributed by atoms with E-state index in [9.17, 15) is 19.5 Å². The van der Waals surface area contributed by atoms with Crippen LogP contribution >= 0.6 is 0 Å². The van der Waals surface area contributed by atoms with E-state index in [0.29, 0.717) is 11.9 Å². The molecule has 0 unspecified atom stereocenters. The van der Waals surface area contributed by atoms with Gasteiger partial charge >= 0.3 is 0 Å². The SMILES string of the molecule is CC(C)NCCN(C(=O)Cn1ccc2c(=O)[nH]c(N)nc21)[C@H](CO)C(=O)C(C)C. The number of amides is 1. The summed E-state index contributed by atoms with van der Waals surface area (Å²) < 4.78 is 1.51. The van der Waals surface area contributed by atoms with E-state index in [-0.39, 0.29) is 53.9 Å². The van der Waals surface area contributed by atoms with Gasteiger partial charge in [-0.25, -0.2) is 0 Å². The van der Waals surface area contributed by atoms with E-state index in [1.165, 1.54) is 9.47 Å². The van der Waals surface area contributed by atoms with Gasteiger partial charge in [-0.3, -0.25) is 19.4 Å². The molecule has 2 heterocycles. The van der Waals surface area contributed by atoms with E-state index in [0.717, 1.165) is 0 Å². The number of nitrogens with two attached hydrogens (primary N) is 1. The van der Waals surface area contributed by atoms with Gasteiger partial charge in [0.05, 0.1) is 12.0 Å². The van der Waals surface area contributed by atoms with Crippen molar-refractivity contribution in [2.24, 2.45) is 5.92 Å². The van der Waals surface area contributed by atoms with E-state index in [1.54, 1.807) is 26.1 Å². The molecule has 0 aromatic carbocycles. The number of aromatic amines is 1. The Labute approximate surface area is 169 Å². The lowest BCUT2D eigenvalue weighted by molar-refractivity contribution is -0.142. The number of aliphatic hydroxyl groups is 1. The second-order valence-corrected chi connectivity index (χ2v) is 7.58. The molecule has 2 aromatic rings. The second-order valence-electron chi connectivity index (χ2n) is 7.58. The highest BCUT2D eigenvalue weighted by Crippen LogP contribution is 2.13. The number of anilines is 1.